The summed E-state index contributed by atoms with van der Waals surface area (Å²) in [7, 11) is 0. The third-order valence-corrected chi connectivity index (χ3v) is 13.9. The van der Waals surface area contributed by atoms with Crippen LogP contribution in [0.15, 0.2) is 267 Å². The summed E-state index contributed by atoms with van der Waals surface area (Å²) in [6.07, 6.45) is 0. The number of rotatable bonds is 12. The van der Waals surface area contributed by atoms with Gasteiger partial charge in [0.05, 0.1) is 0 Å². The summed E-state index contributed by atoms with van der Waals surface area (Å²) >= 11 is 0. The predicted octanol–water partition coefficient (Wildman–Crippen LogP) is 18.9. The van der Waals surface area contributed by atoms with Gasteiger partial charge in [0.2, 0.25) is 0 Å². The molecule has 2 N–H and O–H groups in total. The highest BCUT2D eigenvalue weighted by Gasteiger charge is 2.35. The van der Waals surface area contributed by atoms with Crippen molar-refractivity contribution in [2.24, 2.45) is 0 Å². The molecule has 0 amide bonds. The van der Waals surface area contributed by atoms with Gasteiger partial charge in [0, 0.05) is 62.3 Å². The van der Waals surface area contributed by atoms with E-state index in [4.69, 9.17) is 0 Å². The molecule has 1 aliphatic carbocycles. The van der Waals surface area contributed by atoms with Gasteiger partial charge in [0.25, 0.3) is 0 Å². The number of fused-ring (bicyclic) bond motifs is 4. The summed E-state index contributed by atoms with van der Waals surface area (Å²) < 4.78 is 0. The van der Waals surface area contributed by atoms with Crippen molar-refractivity contribution in [3.63, 3.8) is 0 Å². The second-order valence-electron chi connectivity index (χ2n) is 18.8. The number of hydrogen-bond donors (Lipinski definition) is 2. The van der Waals surface area contributed by atoms with Crippen LogP contribution in [0.4, 0.5) is 56.9 Å². The van der Waals surface area contributed by atoms with E-state index in [1.54, 1.807) is 0 Å². The molecule has 71 heavy (non-hydrogen) atoms. The van der Waals surface area contributed by atoms with Crippen LogP contribution in [0, 0.1) is 0 Å². The molecule has 340 valence electrons. The summed E-state index contributed by atoms with van der Waals surface area (Å²) in [6, 6.07) is 96.0. The molecule has 0 aliphatic heterocycles. The molecule has 0 atom stereocenters. The summed E-state index contributed by atoms with van der Waals surface area (Å²) in [5.41, 5.74) is 20.4. The minimum atomic E-state index is -0.0750. The first-order chi connectivity index (χ1) is 34.9. The average Bonchev–Trinajstić information content (AvgIpc) is 3.65. The fraction of sp³-hybridized carbons (Fsp3) is 0.0448. The molecule has 0 unspecified atom stereocenters. The fourth-order valence-corrected chi connectivity index (χ4v) is 10.4. The lowest BCUT2D eigenvalue weighted by Crippen LogP contribution is -2.15. The Hall–Kier alpha value is -9.12. The van der Waals surface area contributed by atoms with Crippen LogP contribution in [0.1, 0.15) is 25.0 Å². The molecule has 0 saturated carbocycles. The van der Waals surface area contributed by atoms with Gasteiger partial charge in [-0.1, -0.05) is 166 Å². The van der Waals surface area contributed by atoms with Crippen molar-refractivity contribution in [2.75, 3.05) is 20.4 Å². The molecular formula is C67H52N4. The van der Waals surface area contributed by atoms with Crippen molar-refractivity contribution in [1.29, 1.82) is 0 Å². The molecule has 4 nitrogen and oxygen atoms in total. The molecule has 0 aromatic heterocycles. The first-order valence-electron chi connectivity index (χ1n) is 24.4. The molecule has 0 heterocycles. The second kappa shape index (κ2) is 18.4. The van der Waals surface area contributed by atoms with Gasteiger partial charge in [-0.25, -0.2) is 0 Å². The highest BCUT2D eigenvalue weighted by molar-refractivity contribution is 5.94. The van der Waals surface area contributed by atoms with E-state index in [0.717, 1.165) is 79.1 Å². The maximum Gasteiger partial charge on any atom is 0.0482 e. The van der Waals surface area contributed by atoms with E-state index in [2.05, 4.69) is 295 Å². The first kappa shape index (κ1) is 43.2. The Morgan fingerprint density at radius 3 is 1.49 bits per heavy atom. The van der Waals surface area contributed by atoms with Crippen molar-refractivity contribution in [3.8, 4) is 33.4 Å². The summed E-state index contributed by atoms with van der Waals surface area (Å²) in [5, 5.41) is 9.78. The van der Waals surface area contributed by atoms with Crippen LogP contribution in [0.5, 0.6) is 0 Å². The SMILES string of the molecule is CC1(C)c2ccccc2-c2ccc(Nc3ccc(-c4cc(N(c5ccccc5)c5ccc6ccccc6c5)ccc4-c4cccc(N(c5ccccc5)c5cccc(Nc6ccccc6)c5)c4)cc3)cc21. The van der Waals surface area contributed by atoms with E-state index >= 15 is 0 Å². The van der Waals surface area contributed by atoms with E-state index < -0.39 is 0 Å². The van der Waals surface area contributed by atoms with Crippen LogP contribution in [0.3, 0.4) is 0 Å². The van der Waals surface area contributed by atoms with E-state index in [1.165, 1.54) is 33.0 Å². The molecule has 11 aromatic carbocycles. The van der Waals surface area contributed by atoms with Crippen molar-refractivity contribution in [3.05, 3.63) is 278 Å². The Morgan fingerprint density at radius 2 is 0.761 bits per heavy atom. The largest absolute Gasteiger partial charge is 0.356 e. The van der Waals surface area contributed by atoms with E-state index in [-0.39, 0.29) is 5.41 Å². The lowest BCUT2D eigenvalue weighted by atomic mass is 9.82. The topological polar surface area (TPSA) is 30.5 Å². The predicted molar refractivity (Wildman–Crippen MR) is 301 cm³/mol. The molecule has 0 radical (unpaired) electrons. The molecule has 0 saturated heterocycles. The Labute approximate surface area is 416 Å². The number of nitrogens with zero attached hydrogens (tertiary/aromatic N) is 2. The Morgan fingerprint density at radius 1 is 0.268 bits per heavy atom. The molecule has 0 fully saturated rings. The third-order valence-electron chi connectivity index (χ3n) is 13.9. The van der Waals surface area contributed by atoms with Gasteiger partial charge in [-0.05, 0) is 171 Å². The molecular weight excluding hydrogens is 861 g/mol. The molecule has 1 aliphatic rings. The molecule has 4 heteroatoms. The van der Waals surface area contributed by atoms with Crippen molar-refractivity contribution < 1.29 is 0 Å². The van der Waals surface area contributed by atoms with Gasteiger partial charge < -0.3 is 20.4 Å². The van der Waals surface area contributed by atoms with Crippen LogP contribution < -0.4 is 20.4 Å². The average molecular weight is 913 g/mol. The number of hydrogen-bond acceptors (Lipinski definition) is 4. The number of nitrogens with one attached hydrogen (secondary N) is 2. The Kier molecular flexibility index (Phi) is 11.2. The van der Waals surface area contributed by atoms with Gasteiger partial charge in [-0.3, -0.25) is 0 Å². The van der Waals surface area contributed by atoms with Crippen molar-refractivity contribution >= 4 is 67.6 Å². The third kappa shape index (κ3) is 8.47. The quantitative estimate of drug-likeness (QED) is 0.128. The van der Waals surface area contributed by atoms with Gasteiger partial charge in [0.1, 0.15) is 0 Å². The van der Waals surface area contributed by atoms with E-state index in [0.29, 0.717) is 0 Å². The highest BCUT2D eigenvalue weighted by Crippen LogP contribution is 2.50. The maximum atomic E-state index is 3.76. The zero-order chi connectivity index (χ0) is 47.7. The fourth-order valence-electron chi connectivity index (χ4n) is 10.4. The van der Waals surface area contributed by atoms with Gasteiger partial charge >= 0.3 is 0 Å². The van der Waals surface area contributed by atoms with E-state index in [1.807, 2.05) is 6.07 Å². The Bertz CT molecular complexity index is 3680. The zero-order valence-corrected chi connectivity index (χ0v) is 39.8. The van der Waals surface area contributed by atoms with E-state index in [9.17, 15) is 0 Å². The number of benzene rings is 11. The Balaban J connectivity index is 0.960. The van der Waals surface area contributed by atoms with Gasteiger partial charge in [0.15, 0.2) is 0 Å². The highest BCUT2D eigenvalue weighted by atomic mass is 15.1. The number of anilines is 10. The van der Waals surface area contributed by atoms with Crippen molar-refractivity contribution in [1.82, 2.24) is 0 Å². The van der Waals surface area contributed by atoms with Crippen LogP contribution >= 0.6 is 0 Å². The lowest BCUT2D eigenvalue weighted by molar-refractivity contribution is 0.660. The smallest absolute Gasteiger partial charge is 0.0482 e. The second-order valence-corrected chi connectivity index (χ2v) is 18.8. The van der Waals surface area contributed by atoms with Crippen LogP contribution in [0.25, 0.3) is 44.2 Å². The van der Waals surface area contributed by atoms with Gasteiger partial charge in [-0.2, -0.15) is 0 Å². The van der Waals surface area contributed by atoms with Crippen LogP contribution in [-0.2, 0) is 5.41 Å². The summed E-state index contributed by atoms with van der Waals surface area (Å²) in [4.78, 5) is 4.71. The maximum absolute atomic E-state index is 3.76. The molecule has 0 bridgehead atoms. The molecule has 12 rings (SSSR count). The summed E-state index contributed by atoms with van der Waals surface area (Å²) in [5.74, 6) is 0. The van der Waals surface area contributed by atoms with Crippen LogP contribution in [0.2, 0.25) is 0 Å². The molecule has 0 spiro atoms. The van der Waals surface area contributed by atoms with Gasteiger partial charge in [-0.15, -0.1) is 0 Å². The normalized spacial score (nSPS) is 12.2. The minimum absolute atomic E-state index is 0.0750. The number of para-hydroxylation sites is 3. The van der Waals surface area contributed by atoms with Crippen LogP contribution in [-0.4, -0.2) is 0 Å². The first-order valence-corrected chi connectivity index (χ1v) is 24.4. The lowest BCUT2D eigenvalue weighted by Gasteiger charge is -2.28. The summed E-state index contributed by atoms with van der Waals surface area (Å²) in [6.45, 7) is 4.66. The van der Waals surface area contributed by atoms with Crippen molar-refractivity contribution in [2.45, 2.75) is 19.3 Å². The monoisotopic (exact) mass is 912 g/mol. The zero-order valence-electron chi connectivity index (χ0n) is 39.8. The molecule has 11 aromatic rings. The standard InChI is InChI=1S/C67H52N4/c1-67(2)65-31-15-14-30-62(65)63-40-37-54(45-66(63)67)69-52-35-32-48(33-36-52)64-46-60(71(56-26-10-5-11-27-56)59-38-34-47-18-12-13-19-49(47)42-59)39-41-61(64)50-20-16-28-57(43-50)70(55-24-8-4-9-25-55)58-29-17-23-53(44-58)68-51-21-6-3-7-22-51/h3-46,68-69H,1-2H3. The minimum Gasteiger partial charge on any atom is -0.356 e.